The maximum absolute atomic E-state index is 6.28. The molecule has 0 saturated heterocycles. The Hall–Kier alpha value is -0.180. The van der Waals surface area contributed by atoms with Crippen molar-refractivity contribution < 1.29 is 0 Å². The van der Waals surface area contributed by atoms with Gasteiger partial charge in [0.05, 0.1) is 0 Å². The predicted molar refractivity (Wildman–Crippen MR) is 79.1 cm³/mol. The van der Waals surface area contributed by atoms with E-state index in [1.165, 1.54) is 16.9 Å². The summed E-state index contributed by atoms with van der Waals surface area (Å²) in [5, 5.41) is 4.94. The van der Waals surface area contributed by atoms with Crippen LogP contribution in [0.25, 0.3) is 0 Å². The van der Waals surface area contributed by atoms with Gasteiger partial charge in [0.1, 0.15) is 0 Å². The van der Waals surface area contributed by atoms with Crippen LogP contribution in [0.2, 0.25) is 5.02 Å². The summed E-state index contributed by atoms with van der Waals surface area (Å²) in [7, 11) is 0. The molecule has 17 heavy (non-hydrogen) atoms. The van der Waals surface area contributed by atoms with Gasteiger partial charge in [-0.1, -0.05) is 38.4 Å². The van der Waals surface area contributed by atoms with Crippen molar-refractivity contribution in [2.24, 2.45) is 0 Å². The summed E-state index contributed by atoms with van der Waals surface area (Å²) in [5.74, 6) is 0. The number of thioether (sulfide) groups is 1. The third-order valence-electron chi connectivity index (χ3n) is 2.71. The Bertz CT molecular complexity index is 341. The maximum Gasteiger partial charge on any atom is 0.0462 e. The minimum Gasteiger partial charge on any atom is -0.313 e. The Morgan fingerprint density at radius 3 is 2.76 bits per heavy atom. The van der Waals surface area contributed by atoms with E-state index in [2.05, 4.69) is 32.2 Å². The monoisotopic (exact) mass is 271 g/mol. The van der Waals surface area contributed by atoms with Gasteiger partial charge in [-0.15, -0.1) is 11.8 Å². The SMILES string of the molecule is CCCNCc1c(Cl)cccc1SC(C)CC. The lowest BCUT2D eigenvalue weighted by Gasteiger charge is -2.14. The second-order valence-corrected chi connectivity index (χ2v) is 6.12. The van der Waals surface area contributed by atoms with Crippen LogP contribution in [-0.2, 0) is 6.54 Å². The smallest absolute Gasteiger partial charge is 0.0462 e. The molecule has 0 aliphatic heterocycles. The number of hydrogen-bond acceptors (Lipinski definition) is 2. The van der Waals surface area contributed by atoms with Crippen molar-refractivity contribution in [1.29, 1.82) is 0 Å². The van der Waals surface area contributed by atoms with E-state index in [0.717, 1.165) is 24.5 Å². The molecule has 1 aromatic carbocycles. The zero-order valence-corrected chi connectivity index (χ0v) is 12.5. The summed E-state index contributed by atoms with van der Waals surface area (Å²) < 4.78 is 0. The van der Waals surface area contributed by atoms with Crippen molar-refractivity contribution in [1.82, 2.24) is 5.32 Å². The number of benzene rings is 1. The molecule has 0 saturated carbocycles. The average Bonchev–Trinajstić information content (AvgIpc) is 2.32. The molecular formula is C14H22ClNS. The summed E-state index contributed by atoms with van der Waals surface area (Å²) >= 11 is 8.20. The molecule has 0 aliphatic carbocycles. The topological polar surface area (TPSA) is 12.0 Å². The summed E-state index contributed by atoms with van der Waals surface area (Å²) in [6.45, 7) is 8.56. The summed E-state index contributed by atoms with van der Waals surface area (Å²) in [6.07, 6.45) is 2.33. The number of halogens is 1. The third-order valence-corrected chi connectivity index (χ3v) is 4.43. The number of nitrogens with one attached hydrogen (secondary N) is 1. The first-order chi connectivity index (χ1) is 8.19. The standard InChI is InChI=1S/C14H22ClNS/c1-4-9-16-10-12-13(15)7-6-8-14(12)17-11(3)5-2/h6-8,11,16H,4-5,9-10H2,1-3H3. The van der Waals surface area contributed by atoms with E-state index in [1.807, 2.05) is 23.9 Å². The van der Waals surface area contributed by atoms with Crippen LogP contribution in [0.15, 0.2) is 23.1 Å². The van der Waals surface area contributed by atoms with Gasteiger partial charge in [0.15, 0.2) is 0 Å². The lowest BCUT2D eigenvalue weighted by Crippen LogP contribution is -2.15. The summed E-state index contributed by atoms with van der Waals surface area (Å²) in [6, 6.07) is 6.19. The summed E-state index contributed by atoms with van der Waals surface area (Å²) in [4.78, 5) is 1.32. The maximum atomic E-state index is 6.28. The van der Waals surface area contributed by atoms with Crippen LogP contribution in [0.3, 0.4) is 0 Å². The Labute approximate surface area is 114 Å². The van der Waals surface area contributed by atoms with Gasteiger partial charge in [0.2, 0.25) is 0 Å². The molecule has 1 N–H and O–H groups in total. The Morgan fingerprint density at radius 2 is 2.12 bits per heavy atom. The molecule has 0 spiro atoms. The first kappa shape index (κ1) is 14.9. The molecule has 0 bridgehead atoms. The van der Waals surface area contributed by atoms with Crippen LogP contribution in [0.5, 0.6) is 0 Å². The highest BCUT2D eigenvalue weighted by molar-refractivity contribution is 8.00. The van der Waals surface area contributed by atoms with Gasteiger partial charge in [0.25, 0.3) is 0 Å². The van der Waals surface area contributed by atoms with Gasteiger partial charge in [0, 0.05) is 21.7 Å². The molecule has 0 fully saturated rings. The normalized spacial score (nSPS) is 12.7. The van der Waals surface area contributed by atoms with Crippen LogP contribution < -0.4 is 5.32 Å². The molecule has 1 rings (SSSR count). The van der Waals surface area contributed by atoms with Gasteiger partial charge in [-0.25, -0.2) is 0 Å². The molecule has 1 aromatic rings. The fourth-order valence-electron chi connectivity index (χ4n) is 1.51. The fraction of sp³-hybridized carbons (Fsp3) is 0.571. The van der Waals surface area contributed by atoms with E-state index in [0.29, 0.717) is 5.25 Å². The number of hydrogen-bond donors (Lipinski definition) is 1. The van der Waals surface area contributed by atoms with Gasteiger partial charge in [-0.2, -0.15) is 0 Å². The lowest BCUT2D eigenvalue weighted by molar-refractivity contribution is 0.669. The van der Waals surface area contributed by atoms with Crippen molar-refractivity contribution in [2.45, 2.75) is 50.3 Å². The minimum atomic E-state index is 0.637. The van der Waals surface area contributed by atoms with Crippen molar-refractivity contribution in [3.8, 4) is 0 Å². The van der Waals surface area contributed by atoms with Gasteiger partial charge < -0.3 is 5.32 Å². The van der Waals surface area contributed by atoms with E-state index in [9.17, 15) is 0 Å². The van der Waals surface area contributed by atoms with Crippen molar-refractivity contribution in [3.63, 3.8) is 0 Å². The molecule has 0 heterocycles. The van der Waals surface area contributed by atoms with E-state index < -0.39 is 0 Å². The molecule has 1 atom stereocenters. The first-order valence-electron chi connectivity index (χ1n) is 6.33. The second-order valence-electron chi connectivity index (χ2n) is 4.23. The molecule has 3 heteroatoms. The van der Waals surface area contributed by atoms with Crippen LogP contribution >= 0.6 is 23.4 Å². The van der Waals surface area contributed by atoms with E-state index in [4.69, 9.17) is 11.6 Å². The molecule has 0 radical (unpaired) electrons. The highest BCUT2D eigenvalue weighted by Crippen LogP contribution is 2.32. The third kappa shape index (κ3) is 4.90. The van der Waals surface area contributed by atoms with Crippen molar-refractivity contribution in [2.75, 3.05) is 6.54 Å². The predicted octanol–water partition coefficient (Wildman–Crippen LogP) is 4.73. The van der Waals surface area contributed by atoms with Gasteiger partial charge in [-0.05, 0) is 37.1 Å². The zero-order chi connectivity index (χ0) is 12.7. The molecule has 0 amide bonds. The molecular weight excluding hydrogens is 250 g/mol. The number of rotatable bonds is 7. The van der Waals surface area contributed by atoms with Crippen molar-refractivity contribution >= 4 is 23.4 Å². The molecule has 96 valence electrons. The van der Waals surface area contributed by atoms with Gasteiger partial charge in [-0.3, -0.25) is 0 Å². The minimum absolute atomic E-state index is 0.637. The van der Waals surface area contributed by atoms with Crippen molar-refractivity contribution in [3.05, 3.63) is 28.8 Å². The van der Waals surface area contributed by atoms with E-state index in [1.54, 1.807) is 0 Å². The van der Waals surface area contributed by atoms with Crippen LogP contribution in [0, 0.1) is 0 Å². The van der Waals surface area contributed by atoms with E-state index in [-0.39, 0.29) is 0 Å². The highest BCUT2D eigenvalue weighted by Gasteiger charge is 2.09. The Balaban J connectivity index is 2.76. The van der Waals surface area contributed by atoms with Crippen LogP contribution in [0.1, 0.15) is 39.2 Å². The molecule has 1 unspecified atom stereocenters. The van der Waals surface area contributed by atoms with Crippen LogP contribution in [0.4, 0.5) is 0 Å². The Morgan fingerprint density at radius 1 is 1.35 bits per heavy atom. The second kappa shape index (κ2) is 8.02. The van der Waals surface area contributed by atoms with Crippen LogP contribution in [-0.4, -0.2) is 11.8 Å². The molecule has 0 aromatic heterocycles. The largest absolute Gasteiger partial charge is 0.313 e. The summed E-state index contributed by atoms with van der Waals surface area (Å²) in [5.41, 5.74) is 1.24. The quantitative estimate of drug-likeness (QED) is 0.568. The first-order valence-corrected chi connectivity index (χ1v) is 7.59. The van der Waals surface area contributed by atoms with E-state index >= 15 is 0 Å². The fourth-order valence-corrected chi connectivity index (χ4v) is 2.89. The average molecular weight is 272 g/mol. The lowest BCUT2D eigenvalue weighted by atomic mass is 10.2. The zero-order valence-electron chi connectivity index (χ0n) is 10.9. The Kier molecular flexibility index (Phi) is 7.02. The molecule has 0 aliphatic rings. The highest BCUT2D eigenvalue weighted by atomic mass is 35.5. The molecule has 1 nitrogen and oxygen atoms in total. The van der Waals surface area contributed by atoms with Gasteiger partial charge >= 0.3 is 0 Å².